The lowest BCUT2D eigenvalue weighted by Crippen LogP contribution is -2.41. The van der Waals surface area contributed by atoms with Crippen molar-refractivity contribution in [1.82, 2.24) is 5.32 Å². The van der Waals surface area contributed by atoms with E-state index in [9.17, 15) is 4.79 Å². The van der Waals surface area contributed by atoms with Crippen LogP contribution in [0.3, 0.4) is 0 Å². The van der Waals surface area contributed by atoms with Crippen molar-refractivity contribution >= 4 is 5.97 Å². The minimum absolute atomic E-state index is 0.248. The van der Waals surface area contributed by atoms with Crippen LogP contribution in [0.1, 0.15) is 40.0 Å². The zero-order valence-corrected chi connectivity index (χ0v) is 11.6. The van der Waals surface area contributed by atoms with Crippen LogP contribution in [0, 0.1) is 5.92 Å². The third-order valence-electron chi connectivity index (χ3n) is 2.48. The number of carbonyl (C=O) groups excluding carboxylic acids is 1. The molecule has 0 aliphatic rings. The highest BCUT2D eigenvalue weighted by Gasteiger charge is 2.17. The maximum absolute atomic E-state index is 11.4. The molecule has 0 aromatic heterocycles. The zero-order valence-electron chi connectivity index (χ0n) is 11.6. The second-order valence-electron chi connectivity index (χ2n) is 4.64. The molecule has 102 valence electrons. The number of rotatable bonds is 10. The average molecular weight is 245 g/mol. The normalized spacial score (nSPS) is 12.8. The van der Waals surface area contributed by atoms with E-state index in [1.807, 2.05) is 0 Å². The van der Waals surface area contributed by atoms with Crippen LogP contribution in [0.2, 0.25) is 0 Å². The first-order chi connectivity index (χ1) is 8.11. The van der Waals surface area contributed by atoms with Gasteiger partial charge in [-0.2, -0.15) is 0 Å². The van der Waals surface area contributed by atoms with Crippen LogP contribution < -0.4 is 5.32 Å². The topological polar surface area (TPSA) is 47.6 Å². The van der Waals surface area contributed by atoms with Crippen LogP contribution in [0.4, 0.5) is 0 Å². The third-order valence-corrected chi connectivity index (χ3v) is 2.48. The number of esters is 1. The first-order valence-electron chi connectivity index (χ1n) is 6.50. The SMILES string of the molecule is CCCNC(COCCCC(C)C)C(=O)OC. The van der Waals surface area contributed by atoms with E-state index in [0.717, 1.165) is 25.8 Å². The van der Waals surface area contributed by atoms with Gasteiger partial charge in [0.25, 0.3) is 0 Å². The van der Waals surface area contributed by atoms with Gasteiger partial charge in [-0.3, -0.25) is 4.79 Å². The Bertz CT molecular complexity index is 195. The van der Waals surface area contributed by atoms with Gasteiger partial charge in [0.1, 0.15) is 6.04 Å². The number of ether oxygens (including phenoxy) is 2. The van der Waals surface area contributed by atoms with Gasteiger partial charge < -0.3 is 14.8 Å². The predicted octanol–water partition coefficient (Wildman–Crippen LogP) is 1.98. The zero-order chi connectivity index (χ0) is 13.1. The van der Waals surface area contributed by atoms with Crippen LogP contribution in [-0.4, -0.2) is 38.9 Å². The molecule has 4 nitrogen and oxygen atoms in total. The van der Waals surface area contributed by atoms with Crippen molar-refractivity contribution in [3.8, 4) is 0 Å². The Morgan fingerprint density at radius 1 is 1.35 bits per heavy atom. The lowest BCUT2D eigenvalue weighted by atomic mass is 10.1. The summed E-state index contributed by atoms with van der Waals surface area (Å²) in [6.07, 6.45) is 3.19. The maximum atomic E-state index is 11.4. The molecular formula is C13H27NO3. The highest BCUT2D eigenvalue weighted by Crippen LogP contribution is 2.03. The Morgan fingerprint density at radius 3 is 2.59 bits per heavy atom. The van der Waals surface area contributed by atoms with Gasteiger partial charge in [-0.15, -0.1) is 0 Å². The number of methoxy groups -OCH3 is 1. The molecule has 0 aliphatic heterocycles. The standard InChI is InChI=1S/C13H27NO3/c1-5-8-14-12(13(15)16-4)10-17-9-6-7-11(2)3/h11-12,14H,5-10H2,1-4H3. The summed E-state index contributed by atoms with van der Waals surface area (Å²) in [5.74, 6) is 0.454. The Balaban J connectivity index is 3.71. The fourth-order valence-corrected chi connectivity index (χ4v) is 1.47. The molecule has 0 saturated heterocycles. The molecule has 0 fully saturated rings. The van der Waals surface area contributed by atoms with Crippen LogP contribution in [0.5, 0.6) is 0 Å². The minimum Gasteiger partial charge on any atom is -0.468 e. The van der Waals surface area contributed by atoms with E-state index in [1.165, 1.54) is 7.11 Å². The van der Waals surface area contributed by atoms with Gasteiger partial charge in [0.05, 0.1) is 13.7 Å². The van der Waals surface area contributed by atoms with Crippen LogP contribution in [0.25, 0.3) is 0 Å². The summed E-state index contributed by atoms with van der Waals surface area (Å²) in [6, 6.07) is -0.334. The molecule has 0 bridgehead atoms. The quantitative estimate of drug-likeness (QED) is 0.472. The molecule has 1 unspecified atom stereocenters. The predicted molar refractivity (Wildman–Crippen MR) is 69.0 cm³/mol. The van der Waals surface area contributed by atoms with Crippen LogP contribution in [-0.2, 0) is 14.3 Å². The molecule has 0 radical (unpaired) electrons. The van der Waals surface area contributed by atoms with Gasteiger partial charge >= 0.3 is 5.97 Å². The van der Waals surface area contributed by atoms with E-state index >= 15 is 0 Å². The Morgan fingerprint density at radius 2 is 2.06 bits per heavy atom. The number of nitrogens with one attached hydrogen (secondary N) is 1. The average Bonchev–Trinajstić information content (AvgIpc) is 2.31. The fraction of sp³-hybridized carbons (Fsp3) is 0.923. The first-order valence-corrected chi connectivity index (χ1v) is 6.50. The number of hydrogen-bond donors (Lipinski definition) is 1. The van der Waals surface area contributed by atoms with Gasteiger partial charge in [-0.05, 0) is 31.7 Å². The van der Waals surface area contributed by atoms with Crippen molar-refractivity contribution in [2.45, 2.75) is 46.1 Å². The summed E-state index contributed by atoms with van der Waals surface area (Å²) in [6.45, 7) is 8.35. The summed E-state index contributed by atoms with van der Waals surface area (Å²) >= 11 is 0. The van der Waals surface area contributed by atoms with Crippen molar-refractivity contribution in [2.75, 3.05) is 26.9 Å². The van der Waals surface area contributed by atoms with E-state index in [4.69, 9.17) is 9.47 Å². The number of hydrogen-bond acceptors (Lipinski definition) is 4. The van der Waals surface area contributed by atoms with Gasteiger partial charge in [0.2, 0.25) is 0 Å². The van der Waals surface area contributed by atoms with Crippen molar-refractivity contribution in [3.63, 3.8) is 0 Å². The molecule has 1 atom stereocenters. The van der Waals surface area contributed by atoms with Gasteiger partial charge in [0.15, 0.2) is 0 Å². The Hall–Kier alpha value is -0.610. The molecule has 0 amide bonds. The highest BCUT2D eigenvalue weighted by atomic mass is 16.5. The molecule has 4 heteroatoms. The molecule has 0 aromatic rings. The smallest absolute Gasteiger partial charge is 0.325 e. The largest absolute Gasteiger partial charge is 0.468 e. The molecule has 0 heterocycles. The van der Waals surface area contributed by atoms with Crippen LogP contribution >= 0.6 is 0 Å². The summed E-state index contributed by atoms with van der Waals surface area (Å²) in [4.78, 5) is 11.4. The molecule has 1 N–H and O–H groups in total. The lowest BCUT2D eigenvalue weighted by molar-refractivity contribution is -0.144. The lowest BCUT2D eigenvalue weighted by Gasteiger charge is -2.16. The monoisotopic (exact) mass is 245 g/mol. The fourth-order valence-electron chi connectivity index (χ4n) is 1.47. The van der Waals surface area contributed by atoms with E-state index in [0.29, 0.717) is 19.1 Å². The first kappa shape index (κ1) is 16.4. The molecular weight excluding hydrogens is 218 g/mol. The van der Waals surface area contributed by atoms with Crippen molar-refractivity contribution < 1.29 is 14.3 Å². The van der Waals surface area contributed by atoms with Crippen molar-refractivity contribution in [2.24, 2.45) is 5.92 Å². The van der Waals surface area contributed by atoms with Crippen molar-refractivity contribution in [3.05, 3.63) is 0 Å². The van der Waals surface area contributed by atoms with Gasteiger partial charge in [-0.25, -0.2) is 0 Å². The van der Waals surface area contributed by atoms with Crippen LogP contribution in [0.15, 0.2) is 0 Å². The summed E-state index contributed by atoms with van der Waals surface area (Å²) in [5, 5.41) is 3.12. The Labute approximate surface area is 105 Å². The molecule has 0 saturated carbocycles. The Kier molecular flexibility index (Phi) is 10.2. The van der Waals surface area contributed by atoms with E-state index < -0.39 is 0 Å². The molecule has 0 aliphatic carbocycles. The van der Waals surface area contributed by atoms with Gasteiger partial charge in [0, 0.05) is 6.61 Å². The second kappa shape index (κ2) is 10.5. The molecule has 0 rings (SSSR count). The maximum Gasteiger partial charge on any atom is 0.325 e. The molecule has 17 heavy (non-hydrogen) atoms. The highest BCUT2D eigenvalue weighted by molar-refractivity contribution is 5.75. The molecule has 0 spiro atoms. The van der Waals surface area contributed by atoms with Crippen molar-refractivity contribution in [1.29, 1.82) is 0 Å². The third kappa shape index (κ3) is 9.12. The van der Waals surface area contributed by atoms with Gasteiger partial charge in [-0.1, -0.05) is 20.8 Å². The number of carbonyl (C=O) groups is 1. The summed E-state index contributed by atoms with van der Waals surface area (Å²) < 4.78 is 10.2. The van der Waals surface area contributed by atoms with E-state index in [1.54, 1.807) is 0 Å². The summed E-state index contributed by atoms with van der Waals surface area (Å²) in [5.41, 5.74) is 0. The summed E-state index contributed by atoms with van der Waals surface area (Å²) in [7, 11) is 1.40. The molecule has 0 aromatic carbocycles. The van der Waals surface area contributed by atoms with E-state index in [-0.39, 0.29) is 12.0 Å². The van der Waals surface area contributed by atoms with E-state index in [2.05, 4.69) is 26.1 Å². The minimum atomic E-state index is -0.334. The second-order valence-corrected chi connectivity index (χ2v) is 4.64.